The van der Waals surface area contributed by atoms with E-state index < -0.39 is 6.10 Å². The summed E-state index contributed by atoms with van der Waals surface area (Å²) >= 11 is 0. The Morgan fingerprint density at radius 2 is 0.682 bits per heavy atom. The van der Waals surface area contributed by atoms with Gasteiger partial charge in [-0.1, -0.05) is 218 Å². The van der Waals surface area contributed by atoms with Crippen LogP contribution in [0.15, 0.2) is 146 Å². The van der Waals surface area contributed by atoms with Crippen molar-refractivity contribution in [2.75, 3.05) is 13.2 Å². The predicted octanol–water partition coefficient (Wildman–Crippen LogP) is 17.3. The third-order valence-electron chi connectivity index (χ3n) is 10.2. The number of carbonyl (C=O) groups is 3. The van der Waals surface area contributed by atoms with Crippen molar-refractivity contribution in [2.24, 2.45) is 0 Å². The number of unbranched alkanes of at least 4 members (excludes halogenated alkanes) is 14. The SMILES string of the molecule is CC\C=C/C=C\C=C/C=C\C=C/CCCC(=O)OCC(COC(=O)CCCCC/C=C\C/C=C\C/C=C\C/C=C\C/C=C\CC)OC(=O)CCCCC/C=C\C=C/CCCCCCCCC. The normalized spacial score (nSPS) is 13.3. The average molecular weight is 909 g/mol. The smallest absolute Gasteiger partial charge is 0.306 e. The fourth-order valence-electron chi connectivity index (χ4n) is 6.37. The molecule has 66 heavy (non-hydrogen) atoms. The first-order valence-corrected chi connectivity index (χ1v) is 25.9. The molecule has 0 spiro atoms. The molecule has 6 heteroatoms. The summed E-state index contributed by atoms with van der Waals surface area (Å²) in [5.41, 5.74) is 0. The van der Waals surface area contributed by atoms with Gasteiger partial charge in [0.2, 0.25) is 0 Å². The van der Waals surface area contributed by atoms with E-state index in [0.717, 1.165) is 96.3 Å². The zero-order valence-corrected chi connectivity index (χ0v) is 41.9. The molecule has 0 heterocycles. The van der Waals surface area contributed by atoms with Crippen molar-refractivity contribution >= 4 is 17.9 Å². The van der Waals surface area contributed by atoms with Gasteiger partial charge in [0.05, 0.1) is 0 Å². The minimum Gasteiger partial charge on any atom is -0.462 e. The Morgan fingerprint density at radius 1 is 0.333 bits per heavy atom. The molecule has 1 atom stereocenters. The number of carbonyl (C=O) groups excluding carboxylic acids is 3. The maximum absolute atomic E-state index is 12.8. The van der Waals surface area contributed by atoms with Gasteiger partial charge in [0.25, 0.3) is 0 Å². The Kier molecular flexibility index (Phi) is 49.1. The van der Waals surface area contributed by atoms with Crippen LogP contribution in [0.4, 0.5) is 0 Å². The fraction of sp³-hybridized carbons (Fsp3) is 0.550. The lowest BCUT2D eigenvalue weighted by atomic mass is 10.1. The topological polar surface area (TPSA) is 78.9 Å². The van der Waals surface area contributed by atoms with E-state index in [-0.39, 0.29) is 44.0 Å². The van der Waals surface area contributed by atoms with E-state index in [9.17, 15) is 14.4 Å². The van der Waals surface area contributed by atoms with Crippen LogP contribution in [0.2, 0.25) is 0 Å². The van der Waals surface area contributed by atoms with Crippen LogP contribution < -0.4 is 0 Å². The lowest BCUT2D eigenvalue weighted by Crippen LogP contribution is -2.30. The van der Waals surface area contributed by atoms with E-state index in [4.69, 9.17) is 14.2 Å². The molecule has 0 rings (SSSR count). The third kappa shape index (κ3) is 50.3. The van der Waals surface area contributed by atoms with Crippen molar-refractivity contribution in [3.05, 3.63) is 146 Å². The van der Waals surface area contributed by atoms with Crippen LogP contribution in [0, 0.1) is 0 Å². The molecule has 0 aromatic heterocycles. The van der Waals surface area contributed by atoms with Crippen LogP contribution in [-0.2, 0) is 28.6 Å². The molecule has 0 saturated heterocycles. The van der Waals surface area contributed by atoms with Gasteiger partial charge in [0.15, 0.2) is 6.10 Å². The minimum atomic E-state index is -0.841. The fourth-order valence-corrected chi connectivity index (χ4v) is 6.37. The summed E-state index contributed by atoms with van der Waals surface area (Å²) in [5, 5.41) is 0. The first kappa shape index (κ1) is 61.3. The van der Waals surface area contributed by atoms with Gasteiger partial charge in [-0.2, -0.15) is 0 Å². The monoisotopic (exact) mass is 909 g/mol. The van der Waals surface area contributed by atoms with Crippen LogP contribution in [-0.4, -0.2) is 37.2 Å². The highest BCUT2D eigenvalue weighted by atomic mass is 16.6. The Hall–Kier alpha value is -4.71. The van der Waals surface area contributed by atoms with E-state index in [1.54, 1.807) is 0 Å². The molecule has 0 aliphatic heterocycles. The standard InChI is InChI=1S/C60H92O6/c1-4-7-10-13-16-19-22-25-27-29-30-31-33-35-38-41-44-47-50-53-59(62)65-56-57(55-64-58(61)52-49-46-43-40-37-34-24-21-18-15-12-9-6-3)66-60(63)54-51-48-45-42-39-36-32-28-26-23-20-17-14-11-8-5-2/h7,9-10,12,15-16,18-19,21,24-25,27-28,30-32,34-40,43,57H,4-6,8,11,13-14,17,20,22-23,26,29,33,41-42,44-56H2,1-3H3/b10-7-,12-9-,18-15-,19-16-,24-21-,27-25-,31-30-,32-28-,37-34-,38-35-,39-36-,43-40-. The molecule has 0 radical (unpaired) electrons. The lowest BCUT2D eigenvalue weighted by Gasteiger charge is -2.18. The minimum absolute atomic E-state index is 0.135. The highest BCUT2D eigenvalue weighted by Crippen LogP contribution is 2.11. The Labute approximate surface area is 404 Å². The highest BCUT2D eigenvalue weighted by Gasteiger charge is 2.19. The number of ether oxygens (including phenoxy) is 3. The quantitative estimate of drug-likeness (QED) is 0.0199. The second-order valence-corrected chi connectivity index (χ2v) is 16.5. The van der Waals surface area contributed by atoms with E-state index in [2.05, 4.69) is 112 Å². The second-order valence-electron chi connectivity index (χ2n) is 16.5. The third-order valence-corrected chi connectivity index (χ3v) is 10.2. The van der Waals surface area contributed by atoms with Crippen molar-refractivity contribution < 1.29 is 28.6 Å². The van der Waals surface area contributed by atoms with Crippen LogP contribution in [0.1, 0.15) is 194 Å². The van der Waals surface area contributed by atoms with E-state index in [0.29, 0.717) is 19.3 Å². The van der Waals surface area contributed by atoms with Gasteiger partial charge in [0, 0.05) is 19.3 Å². The molecule has 368 valence electrons. The number of allylic oxidation sites excluding steroid dienone is 24. The Balaban J connectivity index is 4.60. The molecule has 0 aromatic carbocycles. The lowest BCUT2D eigenvalue weighted by molar-refractivity contribution is -0.167. The average Bonchev–Trinajstić information content (AvgIpc) is 3.31. The maximum Gasteiger partial charge on any atom is 0.306 e. The molecular weight excluding hydrogens is 817 g/mol. The van der Waals surface area contributed by atoms with Gasteiger partial charge in [-0.25, -0.2) is 0 Å². The van der Waals surface area contributed by atoms with Crippen LogP contribution in [0.5, 0.6) is 0 Å². The molecule has 6 nitrogen and oxygen atoms in total. The second kappa shape index (κ2) is 52.9. The van der Waals surface area contributed by atoms with Crippen molar-refractivity contribution in [1.82, 2.24) is 0 Å². The molecule has 0 N–H and O–H groups in total. The van der Waals surface area contributed by atoms with Crippen molar-refractivity contribution in [1.29, 1.82) is 0 Å². The summed E-state index contributed by atoms with van der Waals surface area (Å²) in [6.07, 6.45) is 75.5. The van der Waals surface area contributed by atoms with Gasteiger partial charge in [-0.3, -0.25) is 14.4 Å². The first-order chi connectivity index (χ1) is 32.5. The summed E-state index contributed by atoms with van der Waals surface area (Å²) in [5.74, 6) is -1.08. The zero-order valence-electron chi connectivity index (χ0n) is 41.9. The van der Waals surface area contributed by atoms with Gasteiger partial charge in [0.1, 0.15) is 13.2 Å². The van der Waals surface area contributed by atoms with Crippen LogP contribution in [0.3, 0.4) is 0 Å². The van der Waals surface area contributed by atoms with Crippen LogP contribution in [0.25, 0.3) is 0 Å². The van der Waals surface area contributed by atoms with Crippen molar-refractivity contribution in [3.8, 4) is 0 Å². The molecule has 0 amide bonds. The maximum atomic E-state index is 12.8. The number of hydrogen-bond donors (Lipinski definition) is 0. The largest absolute Gasteiger partial charge is 0.462 e. The summed E-state index contributed by atoms with van der Waals surface area (Å²) in [7, 11) is 0. The van der Waals surface area contributed by atoms with Gasteiger partial charge in [-0.15, -0.1) is 0 Å². The molecule has 1 unspecified atom stereocenters. The summed E-state index contributed by atoms with van der Waals surface area (Å²) in [4.78, 5) is 38.0. The first-order valence-electron chi connectivity index (χ1n) is 25.9. The van der Waals surface area contributed by atoms with E-state index in [1.807, 2.05) is 54.7 Å². The number of esters is 3. The van der Waals surface area contributed by atoms with Gasteiger partial charge >= 0.3 is 17.9 Å². The molecule has 0 bridgehead atoms. The molecule has 0 aliphatic carbocycles. The Morgan fingerprint density at radius 3 is 1.18 bits per heavy atom. The number of hydrogen-bond acceptors (Lipinski definition) is 6. The summed E-state index contributed by atoms with van der Waals surface area (Å²) in [6.45, 7) is 6.23. The summed E-state index contributed by atoms with van der Waals surface area (Å²) in [6, 6.07) is 0. The zero-order chi connectivity index (χ0) is 47.9. The molecule has 0 aromatic rings. The van der Waals surface area contributed by atoms with Crippen molar-refractivity contribution in [2.45, 2.75) is 200 Å². The molecule has 0 aliphatic rings. The molecular formula is C60H92O6. The molecule has 0 fully saturated rings. The van der Waals surface area contributed by atoms with E-state index in [1.165, 1.54) is 44.9 Å². The van der Waals surface area contributed by atoms with Crippen LogP contribution >= 0.6 is 0 Å². The van der Waals surface area contributed by atoms with E-state index >= 15 is 0 Å². The van der Waals surface area contributed by atoms with Crippen molar-refractivity contribution in [3.63, 3.8) is 0 Å². The molecule has 0 saturated carbocycles. The predicted molar refractivity (Wildman–Crippen MR) is 283 cm³/mol. The number of rotatable bonds is 44. The highest BCUT2D eigenvalue weighted by molar-refractivity contribution is 5.71. The Bertz CT molecular complexity index is 1510. The summed E-state index contributed by atoms with van der Waals surface area (Å²) < 4.78 is 16.7. The van der Waals surface area contributed by atoms with Gasteiger partial charge in [-0.05, 0) is 103 Å². The van der Waals surface area contributed by atoms with Gasteiger partial charge < -0.3 is 14.2 Å².